The maximum Gasteiger partial charge on any atom is 0.334 e. The quantitative estimate of drug-likeness (QED) is 0.356. The Morgan fingerprint density at radius 2 is 1.50 bits per heavy atom. The lowest BCUT2D eigenvalue weighted by atomic mass is 10.1. The van der Waals surface area contributed by atoms with Crippen LogP contribution in [0.4, 0.5) is 0 Å². The Balaban J connectivity index is 4.80. The Morgan fingerprint density at radius 3 is 1.85 bits per heavy atom. The molecule has 0 saturated heterocycles. The van der Waals surface area contributed by atoms with Gasteiger partial charge in [-0.25, -0.2) is 0 Å². The highest BCUT2D eigenvalue weighted by Gasteiger charge is 2.35. The first-order chi connectivity index (χ1) is 9.50. The Kier molecular flexibility index (Phi) is 11.4. The summed E-state index contributed by atoms with van der Waals surface area (Å²) in [5.41, 5.74) is -0.293. The molecule has 0 aromatic carbocycles. The van der Waals surface area contributed by atoms with Gasteiger partial charge in [0.15, 0.2) is 0 Å². The van der Waals surface area contributed by atoms with Crippen molar-refractivity contribution in [3.63, 3.8) is 0 Å². The van der Waals surface area contributed by atoms with Gasteiger partial charge in [-0.3, -0.25) is 4.57 Å². The van der Waals surface area contributed by atoms with Crippen molar-refractivity contribution in [3.8, 4) is 0 Å². The lowest BCUT2D eigenvalue weighted by molar-refractivity contribution is -0.117. The Bertz CT molecular complexity index is 290. The normalized spacial score (nSPS) is 13.4. The van der Waals surface area contributed by atoms with Crippen LogP contribution < -0.4 is 0 Å². The number of hydrogen-bond donors (Lipinski definition) is 0. The number of Topliss-reactive ketones (excluding diaryl/α,β-unsaturated/α-hetero) is 1. The van der Waals surface area contributed by atoms with Gasteiger partial charge in [0.25, 0.3) is 0 Å². The Hall–Kier alpha value is -0.180. The molecule has 0 aromatic heterocycles. The second kappa shape index (κ2) is 11.5. The summed E-state index contributed by atoms with van der Waals surface area (Å²) in [6, 6.07) is 0. The van der Waals surface area contributed by atoms with Crippen LogP contribution in [0.2, 0.25) is 0 Å². The maximum absolute atomic E-state index is 13.0. The molecule has 120 valence electrons. The minimum absolute atomic E-state index is 0.0434. The van der Waals surface area contributed by atoms with E-state index >= 15 is 0 Å². The van der Waals surface area contributed by atoms with E-state index in [2.05, 4.69) is 13.8 Å². The van der Waals surface area contributed by atoms with Gasteiger partial charge in [-0.05, 0) is 26.2 Å². The molecule has 0 bridgehead atoms. The predicted molar refractivity (Wildman–Crippen MR) is 83.3 cm³/mol. The highest BCUT2D eigenvalue weighted by atomic mass is 31.2. The van der Waals surface area contributed by atoms with E-state index in [-0.39, 0.29) is 17.9 Å². The number of ketones is 1. The fourth-order valence-electron chi connectivity index (χ4n) is 1.96. The molecule has 0 saturated carbocycles. The lowest BCUT2D eigenvalue weighted by Gasteiger charge is -2.26. The monoisotopic (exact) mass is 306 g/mol. The van der Waals surface area contributed by atoms with Crippen molar-refractivity contribution in [3.05, 3.63) is 0 Å². The smallest absolute Gasteiger partial charge is 0.308 e. The number of carbonyl (C=O) groups excluding carboxylic acids is 1. The third-order valence-corrected chi connectivity index (χ3v) is 5.55. The van der Waals surface area contributed by atoms with Crippen LogP contribution in [-0.2, 0) is 18.4 Å². The van der Waals surface area contributed by atoms with E-state index in [1.807, 2.05) is 6.92 Å². The fourth-order valence-corrected chi connectivity index (χ4v) is 4.28. The average molecular weight is 306 g/mol. The molecule has 0 amide bonds. The predicted octanol–water partition coefficient (Wildman–Crippen LogP) is 4.96. The van der Waals surface area contributed by atoms with Crippen molar-refractivity contribution < 1.29 is 18.4 Å². The summed E-state index contributed by atoms with van der Waals surface area (Å²) < 4.78 is 24.2. The first-order valence-electron chi connectivity index (χ1n) is 7.88. The van der Waals surface area contributed by atoms with Crippen LogP contribution in [0.15, 0.2) is 0 Å². The zero-order valence-corrected chi connectivity index (χ0v) is 14.4. The van der Waals surface area contributed by atoms with Gasteiger partial charge in [0, 0.05) is 6.42 Å². The van der Waals surface area contributed by atoms with E-state index in [1.165, 1.54) is 6.92 Å². The van der Waals surface area contributed by atoms with Crippen LogP contribution in [0.1, 0.15) is 72.6 Å². The molecule has 0 N–H and O–H groups in total. The average Bonchev–Trinajstić information content (AvgIpc) is 2.38. The second-order valence-electron chi connectivity index (χ2n) is 5.26. The van der Waals surface area contributed by atoms with Crippen LogP contribution in [0.3, 0.4) is 0 Å². The van der Waals surface area contributed by atoms with E-state index in [9.17, 15) is 9.36 Å². The van der Waals surface area contributed by atoms with Gasteiger partial charge < -0.3 is 13.8 Å². The van der Waals surface area contributed by atoms with Gasteiger partial charge in [-0.1, -0.05) is 40.0 Å². The minimum atomic E-state index is -3.18. The number of unbranched alkanes of at least 4 members (excludes halogenated alkanes) is 2. The molecule has 0 rings (SSSR count). The van der Waals surface area contributed by atoms with E-state index in [4.69, 9.17) is 9.05 Å². The fraction of sp³-hybridized carbons (Fsp3) is 0.933. The number of rotatable bonds is 13. The zero-order valence-electron chi connectivity index (χ0n) is 13.5. The molecular weight excluding hydrogens is 275 g/mol. The van der Waals surface area contributed by atoms with Crippen LogP contribution >= 0.6 is 7.60 Å². The van der Waals surface area contributed by atoms with Gasteiger partial charge in [0.05, 0.1) is 18.9 Å². The van der Waals surface area contributed by atoms with Crippen LogP contribution in [-0.4, -0.2) is 24.7 Å². The molecule has 0 aliphatic carbocycles. The second-order valence-corrected chi connectivity index (χ2v) is 7.59. The van der Waals surface area contributed by atoms with Crippen LogP contribution in [0.25, 0.3) is 0 Å². The van der Waals surface area contributed by atoms with E-state index in [1.54, 1.807) is 0 Å². The molecule has 20 heavy (non-hydrogen) atoms. The van der Waals surface area contributed by atoms with Crippen molar-refractivity contribution in [2.75, 3.05) is 13.2 Å². The molecule has 0 aromatic rings. The first-order valence-corrected chi connectivity index (χ1v) is 9.49. The summed E-state index contributed by atoms with van der Waals surface area (Å²) in [4.78, 5) is 11.4. The van der Waals surface area contributed by atoms with Crippen LogP contribution in [0, 0.1) is 0 Å². The van der Waals surface area contributed by atoms with Crippen molar-refractivity contribution in [2.24, 2.45) is 0 Å². The van der Waals surface area contributed by atoms with Crippen molar-refractivity contribution in [1.82, 2.24) is 0 Å². The van der Waals surface area contributed by atoms with Gasteiger partial charge in [-0.15, -0.1) is 0 Å². The molecule has 5 heteroatoms. The molecular formula is C15H31O4P. The van der Waals surface area contributed by atoms with Gasteiger partial charge in [-0.2, -0.15) is 0 Å². The zero-order chi connectivity index (χ0) is 15.4. The molecule has 0 aliphatic heterocycles. The first kappa shape index (κ1) is 19.8. The molecule has 0 radical (unpaired) electrons. The lowest BCUT2D eigenvalue weighted by Crippen LogP contribution is -2.17. The van der Waals surface area contributed by atoms with E-state index in [0.29, 0.717) is 19.6 Å². The van der Waals surface area contributed by atoms with Gasteiger partial charge in [0.2, 0.25) is 0 Å². The minimum Gasteiger partial charge on any atom is -0.308 e. The molecule has 0 spiro atoms. The summed E-state index contributed by atoms with van der Waals surface area (Å²) in [6.07, 6.45) is 5.55. The molecule has 0 aliphatic rings. The molecule has 1 atom stereocenters. The highest BCUT2D eigenvalue weighted by Crippen LogP contribution is 2.56. The Morgan fingerprint density at radius 1 is 1.00 bits per heavy atom. The van der Waals surface area contributed by atoms with Gasteiger partial charge >= 0.3 is 7.60 Å². The summed E-state index contributed by atoms with van der Waals surface area (Å²) in [5, 5.41) is 0. The molecule has 4 nitrogen and oxygen atoms in total. The van der Waals surface area contributed by atoms with Crippen molar-refractivity contribution >= 4 is 13.4 Å². The van der Waals surface area contributed by atoms with E-state index < -0.39 is 7.60 Å². The summed E-state index contributed by atoms with van der Waals surface area (Å²) >= 11 is 0. The summed E-state index contributed by atoms with van der Waals surface area (Å²) in [5.74, 6) is 0.0434. The largest absolute Gasteiger partial charge is 0.334 e. The molecule has 1 unspecified atom stereocenters. The number of hydrogen-bond acceptors (Lipinski definition) is 4. The van der Waals surface area contributed by atoms with Gasteiger partial charge in [0.1, 0.15) is 5.78 Å². The molecule has 0 heterocycles. The van der Waals surface area contributed by atoms with Crippen LogP contribution in [0.5, 0.6) is 0 Å². The van der Waals surface area contributed by atoms with E-state index in [0.717, 1.165) is 32.1 Å². The highest BCUT2D eigenvalue weighted by molar-refractivity contribution is 7.54. The maximum atomic E-state index is 13.0. The standard InChI is InChI=1S/C15H31O4P/c1-5-8-11-18-20(17,19-12-9-6-2)15(10-7-3)13-14(4)16/h15H,5-13H2,1-4H3. The topological polar surface area (TPSA) is 52.6 Å². The third-order valence-electron chi connectivity index (χ3n) is 3.13. The third kappa shape index (κ3) is 8.18. The van der Waals surface area contributed by atoms with Crippen molar-refractivity contribution in [2.45, 2.75) is 78.3 Å². The molecule has 0 fully saturated rings. The summed E-state index contributed by atoms with van der Waals surface area (Å²) in [6.45, 7) is 8.56. The number of carbonyl (C=O) groups is 1. The Labute approximate surface area is 124 Å². The SMILES string of the molecule is CCCCOP(=O)(OCCCC)C(CCC)CC(C)=O. The van der Waals surface area contributed by atoms with Crippen molar-refractivity contribution in [1.29, 1.82) is 0 Å². The summed E-state index contributed by atoms with van der Waals surface area (Å²) in [7, 11) is -3.18.